The van der Waals surface area contributed by atoms with Crippen LogP contribution in [-0.4, -0.2) is 22.9 Å². The lowest BCUT2D eigenvalue weighted by Crippen LogP contribution is -2.41. The van der Waals surface area contributed by atoms with Crippen molar-refractivity contribution in [3.63, 3.8) is 0 Å². The van der Waals surface area contributed by atoms with Gasteiger partial charge in [-0.05, 0) is 118 Å². The van der Waals surface area contributed by atoms with Crippen molar-refractivity contribution < 1.29 is 9.31 Å². The Morgan fingerprint density at radius 3 is 1.69 bits per heavy atom. The Morgan fingerprint density at radius 2 is 1.02 bits per heavy atom. The van der Waals surface area contributed by atoms with Crippen LogP contribution < -0.4 is 5.46 Å². The van der Waals surface area contributed by atoms with Crippen molar-refractivity contribution in [2.75, 3.05) is 0 Å². The molecule has 0 bridgehead atoms. The quantitative estimate of drug-likeness (QED) is 0.139. The zero-order chi connectivity index (χ0) is 33.4. The molecular formula is C45H38BNO2. The van der Waals surface area contributed by atoms with E-state index >= 15 is 0 Å². The van der Waals surface area contributed by atoms with Gasteiger partial charge in [0.25, 0.3) is 0 Å². The van der Waals surface area contributed by atoms with Crippen molar-refractivity contribution in [1.29, 1.82) is 0 Å². The van der Waals surface area contributed by atoms with Gasteiger partial charge in [-0.2, -0.15) is 0 Å². The summed E-state index contributed by atoms with van der Waals surface area (Å²) in [6.07, 6.45) is 0. The van der Waals surface area contributed by atoms with E-state index in [0.717, 1.165) is 11.2 Å². The van der Waals surface area contributed by atoms with Crippen LogP contribution in [0.5, 0.6) is 0 Å². The number of fused-ring (bicyclic) bond motifs is 12. The summed E-state index contributed by atoms with van der Waals surface area (Å²) >= 11 is 0. The molecule has 0 amide bonds. The highest BCUT2D eigenvalue weighted by Gasteiger charge is 2.51. The van der Waals surface area contributed by atoms with E-state index in [-0.39, 0.29) is 5.41 Å². The van der Waals surface area contributed by atoms with Crippen LogP contribution >= 0.6 is 0 Å². The van der Waals surface area contributed by atoms with Gasteiger partial charge in [-0.1, -0.05) is 105 Å². The molecule has 0 radical (unpaired) electrons. The third-order valence-corrected chi connectivity index (χ3v) is 12.0. The summed E-state index contributed by atoms with van der Waals surface area (Å²) in [7, 11) is -0.429. The van der Waals surface area contributed by atoms with Crippen molar-refractivity contribution in [3.05, 3.63) is 132 Å². The number of hydrogen-bond acceptors (Lipinski definition) is 2. The lowest BCUT2D eigenvalue weighted by atomic mass is 9.78. The maximum absolute atomic E-state index is 6.55. The fraction of sp³-hybridized carbons (Fsp3) is 0.200. The Labute approximate surface area is 287 Å². The maximum Gasteiger partial charge on any atom is 0.494 e. The second-order valence-electron chi connectivity index (χ2n) is 15.6. The number of hydrogen-bond donors (Lipinski definition) is 0. The number of rotatable bonds is 2. The van der Waals surface area contributed by atoms with Gasteiger partial charge < -0.3 is 13.9 Å². The van der Waals surface area contributed by atoms with Gasteiger partial charge in [-0.15, -0.1) is 0 Å². The van der Waals surface area contributed by atoms with Crippen molar-refractivity contribution >= 4 is 66.7 Å². The minimum Gasteiger partial charge on any atom is -0.399 e. The van der Waals surface area contributed by atoms with E-state index in [0.29, 0.717) is 0 Å². The van der Waals surface area contributed by atoms with Crippen LogP contribution in [0.25, 0.3) is 70.9 Å². The molecule has 49 heavy (non-hydrogen) atoms. The normalized spacial score (nSPS) is 17.5. The third kappa shape index (κ3) is 3.87. The summed E-state index contributed by atoms with van der Waals surface area (Å²) in [6.45, 7) is 13.2. The van der Waals surface area contributed by atoms with Crippen LogP contribution in [0.4, 0.5) is 0 Å². The average Bonchev–Trinajstić information content (AvgIpc) is 3.63. The molecule has 0 unspecified atom stereocenters. The SMILES string of the molecule is CC1(C)c2ccccc2-c2cc3c4cc(B5OC(C)(C)C(C)(C)O5)ccc4n(-c4ccc5c6ccccc6c6ccccc6c5c4)c3cc21. The Hall–Kier alpha value is -4.90. The first kappa shape index (κ1) is 29.1. The third-order valence-electron chi connectivity index (χ3n) is 12.0. The fourth-order valence-electron chi connectivity index (χ4n) is 8.67. The van der Waals surface area contributed by atoms with E-state index in [9.17, 15) is 0 Å². The van der Waals surface area contributed by atoms with E-state index in [1.165, 1.54) is 76.4 Å². The number of benzene rings is 7. The Morgan fingerprint density at radius 1 is 0.449 bits per heavy atom. The molecule has 238 valence electrons. The molecule has 1 aliphatic carbocycles. The van der Waals surface area contributed by atoms with Crippen LogP contribution in [0.2, 0.25) is 0 Å². The van der Waals surface area contributed by atoms with Gasteiger partial charge in [0, 0.05) is 21.9 Å². The van der Waals surface area contributed by atoms with Crippen molar-refractivity contribution in [2.24, 2.45) is 0 Å². The summed E-state index contributed by atoms with van der Waals surface area (Å²) in [5.74, 6) is 0. The molecule has 3 nitrogen and oxygen atoms in total. The molecule has 2 aliphatic rings. The van der Waals surface area contributed by atoms with E-state index in [4.69, 9.17) is 9.31 Å². The predicted molar refractivity (Wildman–Crippen MR) is 207 cm³/mol. The van der Waals surface area contributed by atoms with Gasteiger partial charge in [-0.3, -0.25) is 0 Å². The first-order valence-electron chi connectivity index (χ1n) is 17.5. The maximum atomic E-state index is 6.55. The standard InChI is InChI=1S/C45H38BNO2/c1-43(2)39-18-12-11-17-34(39)36-25-38-37-23-27(46-48-44(3,4)45(5,6)49-46)19-22-41(37)47(42(38)26-40(36)43)28-20-21-33-31-15-8-7-13-29(31)30-14-9-10-16-32(30)35(33)24-28/h7-26H,1-6H3. The van der Waals surface area contributed by atoms with Crippen LogP contribution in [-0.2, 0) is 14.7 Å². The molecule has 4 heteroatoms. The average molecular weight is 636 g/mol. The van der Waals surface area contributed by atoms with E-state index in [1.807, 2.05) is 0 Å². The van der Waals surface area contributed by atoms with Crippen molar-refractivity contribution in [2.45, 2.75) is 58.2 Å². The van der Waals surface area contributed by atoms with Gasteiger partial charge in [0.2, 0.25) is 0 Å². The predicted octanol–water partition coefficient (Wildman–Crippen LogP) is 10.8. The van der Waals surface area contributed by atoms with E-state index in [1.54, 1.807) is 0 Å². The zero-order valence-corrected chi connectivity index (χ0v) is 28.9. The van der Waals surface area contributed by atoms with Crippen molar-refractivity contribution in [1.82, 2.24) is 4.57 Å². The smallest absolute Gasteiger partial charge is 0.399 e. The molecule has 0 N–H and O–H groups in total. The van der Waals surface area contributed by atoms with Crippen LogP contribution in [0.1, 0.15) is 52.7 Å². The topological polar surface area (TPSA) is 23.4 Å². The number of nitrogens with zero attached hydrogens (tertiary/aromatic N) is 1. The molecule has 1 saturated heterocycles. The lowest BCUT2D eigenvalue weighted by molar-refractivity contribution is 0.00578. The lowest BCUT2D eigenvalue weighted by Gasteiger charge is -2.32. The molecule has 0 spiro atoms. The number of aromatic nitrogens is 1. The first-order valence-corrected chi connectivity index (χ1v) is 17.5. The summed E-state index contributed by atoms with van der Waals surface area (Å²) in [5.41, 5.74) is 9.08. The highest BCUT2D eigenvalue weighted by atomic mass is 16.7. The van der Waals surface area contributed by atoms with E-state index in [2.05, 4.69) is 167 Å². The van der Waals surface area contributed by atoms with Gasteiger partial charge in [-0.25, -0.2) is 0 Å². The summed E-state index contributed by atoms with van der Waals surface area (Å²) in [4.78, 5) is 0. The van der Waals surface area contributed by atoms with Gasteiger partial charge in [0.05, 0.1) is 22.2 Å². The van der Waals surface area contributed by atoms with Crippen LogP contribution in [0.15, 0.2) is 121 Å². The monoisotopic (exact) mass is 635 g/mol. The highest BCUT2D eigenvalue weighted by molar-refractivity contribution is 6.62. The molecule has 1 fully saturated rings. The molecule has 0 atom stereocenters. The van der Waals surface area contributed by atoms with Crippen LogP contribution in [0.3, 0.4) is 0 Å². The Balaban J connectivity index is 1.28. The second kappa shape index (κ2) is 9.62. The molecular weight excluding hydrogens is 597 g/mol. The fourth-order valence-corrected chi connectivity index (χ4v) is 8.67. The Bertz CT molecular complexity index is 2660. The minimum atomic E-state index is -0.429. The molecule has 0 saturated carbocycles. The minimum absolute atomic E-state index is 0.103. The largest absolute Gasteiger partial charge is 0.494 e. The second-order valence-corrected chi connectivity index (χ2v) is 15.6. The van der Waals surface area contributed by atoms with Crippen LogP contribution in [0, 0.1) is 0 Å². The summed E-state index contributed by atoms with van der Waals surface area (Å²) < 4.78 is 15.6. The van der Waals surface area contributed by atoms with E-state index < -0.39 is 18.3 Å². The molecule has 10 rings (SSSR count). The summed E-state index contributed by atoms with van der Waals surface area (Å²) in [5, 5.41) is 10.1. The van der Waals surface area contributed by atoms with Crippen molar-refractivity contribution in [3.8, 4) is 16.8 Å². The van der Waals surface area contributed by atoms with Gasteiger partial charge >= 0.3 is 7.12 Å². The highest BCUT2D eigenvalue weighted by Crippen LogP contribution is 2.51. The van der Waals surface area contributed by atoms with Gasteiger partial charge in [0.1, 0.15) is 0 Å². The first-order chi connectivity index (χ1) is 23.5. The van der Waals surface area contributed by atoms with Gasteiger partial charge in [0.15, 0.2) is 0 Å². The zero-order valence-electron chi connectivity index (χ0n) is 28.9. The Kier molecular flexibility index (Phi) is 5.71. The molecule has 1 aromatic heterocycles. The molecule has 2 heterocycles. The molecule has 8 aromatic rings. The molecule has 1 aliphatic heterocycles. The molecule has 7 aromatic carbocycles. The summed E-state index contributed by atoms with van der Waals surface area (Å²) in [6, 6.07) is 45.2.